The summed E-state index contributed by atoms with van der Waals surface area (Å²) in [6.45, 7) is 1.55. The van der Waals surface area contributed by atoms with E-state index in [0.717, 1.165) is 16.5 Å². The number of carboxylic acids is 2. The Bertz CT molecular complexity index is 1240. The van der Waals surface area contributed by atoms with Crippen molar-refractivity contribution in [2.24, 2.45) is 22.2 Å². The number of nitrogens with one attached hydrogen (secondary N) is 4. The van der Waals surface area contributed by atoms with Crippen molar-refractivity contribution in [3.8, 4) is 0 Å². The summed E-state index contributed by atoms with van der Waals surface area (Å²) in [4.78, 5) is 67.7. The number of aromatic nitrogens is 1. The molecule has 0 fully saturated rings. The van der Waals surface area contributed by atoms with Gasteiger partial charge in [0.25, 0.3) is 0 Å². The van der Waals surface area contributed by atoms with Gasteiger partial charge in [0.15, 0.2) is 5.96 Å². The lowest BCUT2D eigenvalue weighted by atomic mass is 10.0. The highest BCUT2D eigenvalue weighted by atomic mass is 16.4. The lowest BCUT2D eigenvalue weighted by molar-refractivity contribution is -0.143. The Kier molecular flexibility index (Phi) is 11.9. The largest absolute Gasteiger partial charge is 0.481 e. The number of carboxylic acid groups (broad SMARTS) is 2. The molecule has 2 rings (SSSR count). The van der Waals surface area contributed by atoms with Crippen molar-refractivity contribution in [3.05, 3.63) is 36.0 Å². The molecule has 0 saturated heterocycles. The molecule has 0 bridgehead atoms. The number of aliphatic imine (C=N–C) groups is 1. The minimum absolute atomic E-state index is 0.0281. The SMILES string of the molecule is CC(NC(=O)C(N)Cc1c[nH]c2ccccc12)C(=O)NC(CCCN=C(N)N)C(=O)NC(CCC(=O)O)C(=O)O. The van der Waals surface area contributed by atoms with Crippen molar-refractivity contribution in [2.45, 2.75) is 63.2 Å². The fraction of sp³-hybridized carbons (Fsp3) is 0.440. The highest BCUT2D eigenvalue weighted by molar-refractivity contribution is 5.94. The summed E-state index contributed by atoms with van der Waals surface area (Å²) in [5, 5.41) is 26.4. The molecule has 0 aliphatic rings. The van der Waals surface area contributed by atoms with Crippen LogP contribution in [-0.2, 0) is 30.4 Å². The highest BCUT2D eigenvalue weighted by Crippen LogP contribution is 2.18. The van der Waals surface area contributed by atoms with Crippen LogP contribution in [0.25, 0.3) is 10.9 Å². The number of carbonyl (C=O) groups is 5. The number of para-hydroxylation sites is 1. The highest BCUT2D eigenvalue weighted by Gasteiger charge is 2.29. The van der Waals surface area contributed by atoms with Gasteiger partial charge in [-0.25, -0.2) is 4.79 Å². The molecular formula is C25H36N8O7. The molecule has 4 atom stereocenters. The quantitative estimate of drug-likeness (QED) is 0.0652. The van der Waals surface area contributed by atoms with Crippen LogP contribution in [0.15, 0.2) is 35.5 Å². The molecule has 0 spiro atoms. The topological polar surface area (TPSA) is 268 Å². The normalized spacial score (nSPS) is 13.8. The lowest BCUT2D eigenvalue weighted by Crippen LogP contribution is -2.56. The van der Waals surface area contributed by atoms with Crippen molar-refractivity contribution in [3.63, 3.8) is 0 Å². The molecular weight excluding hydrogens is 524 g/mol. The molecule has 12 N–H and O–H groups in total. The Morgan fingerprint density at radius 3 is 2.27 bits per heavy atom. The number of aromatic amines is 1. The van der Waals surface area contributed by atoms with Crippen LogP contribution in [0.2, 0.25) is 0 Å². The zero-order valence-electron chi connectivity index (χ0n) is 22.1. The maximum atomic E-state index is 12.9. The Morgan fingerprint density at radius 1 is 0.950 bits per heavy atom. The Hall–Kier alpha value is -4.66. The molecule has 15 heteroatoms. The third-order valence-corrected chi connectivity index (χ3v) is 6.04. The first-order valence-corrected chi connectivity index (χ1v) is 12.6. The first-order valence-electron chi connectivity index (χ1n) is 12.6. The van der Waals surface area contributed by atoms with Gasteiger partial charge in [0, 0.05) is 30.1 Å². The summed E-state index contributed by atoms with van der Waals surface area (Å²) >= 11 is 0. The number of rotatable bonds is 16. The van der Waals surface area contributed by atoms with Crippen molar-refractivity contribution in [1.82, 2.24) is 20.9 Å². The van der Waals surface area contributed by atoms with Gasteiger partial charge in [-0.05, 0) is 44.2 Å². The van der Waals surface area contributed by atoms with E-state index in [1.54, 1.807) is 6.20 Å². The number of hydrogen-bond acceptors (Lipinski definition) is 7. The second-order valence-corrected chi connectivity index (χ2v) is 9.24. The molecule has 218 valence electrons. The Labute approximate surface area is 229 Å². The smallest absolute Gasteiger partial charge is 0.326 e. The standard InChI is InChI=1S/C25H36N8O7/c1-13(31-22(37)16(26)11-14-12-30-17-6-3-2-5-15(14)17)21(36)32-18(7-4-10-29-25(27)28)23(38)33-19(24(39)40)8-9-20(34)35/h2-3,5-6,12-13,16,18-19,30H,4,7-11,26H2,1H3,(H,31,37)(H,32,36)(H,33,38)(H,34,35)(H,39,40)(H4,27,28,29). The molecule has 1 heterocycles. The maximum Gasteiger partial charge on any atom is 0.326 e. The number of aliphatic carboxylic acids is 2. The molecule has 15 nitrogen and oxygen atoms in total. The molecule has 0 aliphatic heterocycles. The van der Waals surface area contributed by atoms with Gasteiger partial charge >= 0.3 is 11.9 Å². The molecule has 0 radical (unpaired) electrons. The van der Waals surface area contributed by atoms with Gasteiger partial charge in [0.05, 0.1) is 6.04 Å². The van der Waals surface area contributed by atoms with Gasteiger partial charge in [-0.15, -0.1) is 0 Å². The first kappa shape index (κ1) is 31.6. The summed E-state index contributed by atoms with van der Waals surface area (Å²) < 4.78 is 0. The van der Waals surface area contributed by atoms with Crippen LogP contribution in [0.5, 0.6) is 0 Å². The maximum absolute atomic E-state index is 12.9. The van der Waals surface area contributed by atoms with Crippen molar-refractivity contribution in [2.75, 3.05) is 6.54 Å². The number of hydrogen-bond donors (Lipinski definition) is 9. The molecule has 1 aromatic carbocycles. The second-order valence-electron chi connectivity index (χ2n) is 9.24. The van der Waals surface area contributed by atoms with E-state index in [1.807, 2.05) is 24.3 Å². The average molecular weight is 561 g/mol. The molecule has 3 amide bonds. The minimum atomic E-state index is -1.49. The summed E-state index contributed by atoms with van der Waals surface area (Å²) in [7, 11) is 0. The van der Waals surface area contributed by atoms with E-state index in [2.05, 4.69) is 25.9 Å². The van der Waals surface area contributed by atoms with Gasteiger partial charge in [0.2, 0.25) is 17.7 Å². The number of H-pyrrole nitrogens is 1. The van der Waals surface area contributed by atoms with E-state index < -0.39 is 60.2 Å². The summed E-state index contributed by atoms with van der Waals surface area (Å²) in [6.07, 6.45) is 1.42. The second kappa shape index (κ2) is 15.1. The van der Waals surface area contributed by atoms with E-state index in [-0.39, 0.29) is 38.2 Å². The monoisotopic (exact) mass is 560 g/mol. The van der Waals surface area contributed by atoms with Gasteiger partial charge < -0.3 is 48.3 Å². The van der Waals surface area contributed by atoms with E-state index in [1.165, 1.54) is 6.92 Å². The fourth-order valence-corrected chi connectivity index (χ4v) is 3.88. The van der Waals surface area contributed by atoms with Crippen molar-refractivity contribution >= 4 is 46.5 Å². The van der Waals surface area contributed by atoms with Gasteiger partial charge in [-0.1, -0.05) is 18.2 Å². The van der Waals surface area contributed by atoms with E-state index in [0.29, 0.717) is 0 Å². The third-order valence-electron chi connectivity index (χ3n) is 6.04. The number of amides is 3. The third kappa shape index (κ3) is 9.90. The lowest BCUT2D eigenvalue weighted by Gasteiger charge is -2.23. The number of nitrogens with two attached hydrogens (primary N) is 3. The predicted octanol–water partition coefficient (Wildman–Crippen LogP) is -1.48. The minimum Gasteiger partial charge on any atom is -0.481 e. The molecule has 2 aromatic rings. The number of nitrogens with zero attached hydrogens (tertiary/aromatic N) is 1. The summed E-state index contributed by atoms with van der Waals surface area (Å²) in [5.74, 6) is -4.95. The van der Waals surface area contributed by atoms with Crippen molar-refractivity contribution in [1.29, 1.82) is 0 Å². The van der Waals surface area contributed by atoms with Crippen LogP contribution in [0.4, 0.5) is 0 Å². The van der Waals surface area contributed by atoms with Crippen LogP contribution in [0, 0.1) is 0 Å². The number of benzene rings is 1. The average Bonchev–Trinajstić information content (AvgIpc) is 3.30. The van der Waals surface area contributed by atoms with E-state index >= 15 is 0 Å². The molecule has 1 aromatic heterocycles. The number of carbonyl (C=O) groups excluding carboxylic acids is 3. The molecule has 0 saturated carbocycles. The fourth-order valence-electron chi connectivity index (χ4n) is 3.88. The van der Waals surface area contributed by atoms with Gasteiger partial charge in [-0.2, -0.15) is 0 Å². The first-order chi connectivity index (χ1) is 18.9. The van der Waals surface area contributed by atoms with Crippen LogP contribution in [0.3, 0.4) is 0 Å². The molecule has 0 aliphatic carbocycles. The zero-order chi connectivity index (χ0) is 29.8. The predicted molar refractivity (Wildman–Crippen MR) is 146 cm³/mol. The summed E-state index contributed by atoms with van der Waals surface area (Å²) in [6, 6.07) is 2.79. The number of fused-ring (bicyclic) bond motifs is 1. The number of guanidine groups is 1. The van der Waals surface area contributed by atoms with Crippen LogP contribution in [-0.4, -0.2) is 81.5 Å². The summed E-state index contributed by atoms with van der Waals surface area (Å²) in [5.41, 5.74) is 18.4. The Morgan fingerprint density at radius 2 is 1.62 bits per heavy atom. The van der Waals surface area contributed by atoms with Crippen LogP contribution in [0.1, 0.15) is 38.2 Å². The van der Waals surface area contributed by atoms with E-state index in [9.17, 15) is 29.1 Å². The van der Waals surface area contributed by atoms with E-state index in [4.69, 9.17) is 22.3 Å². The molecule has 40 heavy (non-hydrogen) atoms. The van der Waals surface area contributed by atoms with Gasteiger partial charge in [0.1, 0.15) is 18.1 Å². The van der Waals surface area contributed by atoms with Crippen LogP contribution < -0.4 is 33.2 Å². The Balaban J connectivity index is 2.02. The van der Waals surface area contributed by atoms with Crippen molar-refractivity contribution < 1.29 is 34.2 Å². The zero-order valence-corrected chi connectivity index (χ0v) is 22.1. The van der Waals surface area contributed by atoms with Crippen LogP contribution >= 0.6 is 0 Å². The molecule has 4 unspecified atom stereocenters. The van der Waals surface area contributed by atoms with Gasteiger partial charge in [-0.3, -0.25) is 24.2 Å².